The van der Waals surface area contributed by atoms with Crippen molar-refractivity contribution >= 4 is 12.6 Å². The average molecular weight is 324 g/mol. The maximum absolute atomic E-state index is 11.0. The molecule has 0 amide bonds. The highest BCUT2D eigenvalue weighted by Gasteiger charge is 2.13. The summed E-state index contributed by atoms with van der Waals surface area (Å²) in [6.45, 7) is 7.70. The van der Waals surface area contributed by atoms with Crippen molar-refractivity contribution in [1.29, 1.82) is 0 Å². The summed E-state index contributed by atoms with van der Waals surface area (Å²) in [6, 6.07) is 6.86. The molecule has 124 valence electrons. The molecule has 4 nitrogen and oxygen atoms in total. The number of rotatable bonds is 6. The molecular weight excluding hydrogens is 304 g/mol. The molecule has 2 rings (SSSR count). The van der Waals surface area contributed by atoms with E-state index in [1.807, 2.05) is 13.8 Å². The molecule has 0 aliphatic carbocycles. The van der Waals surface area contributed by atoms with Crippen molar-refractivity contribution in [2.45, 2.75) is 26.7 Å². The van der Waals surface area contributed by atoms with Crippen molar-refractivity contribution in [3.63, 3.8) is 0 Å². The SMILES string of the molecule is C=C(Cc1cc(C)cc(C=O)c1O)Cc1cc(C)cc(C=O)c1O. The van der Waals surface area contributed by atoms with E-state index in [2.05, 4.69) is 6.58 Å². The molecule has 0 heterocycles. The zero-order valence-corrected chi connectivity index (χ0v) is 13.8. The summed E-state index contributed by atoms with van der Waals surface area (Å²) in [7, 11) is 0. The number of carbonyl (C=O) groups excluding carboxylic acids is 2. The summed E-state index contributed by atoms with van der Waals surface area (Å²) in [5, 5.41) is 20.3. The number of benzene rings is 2. The van der Waals surface area contributed by atoms with Gasteiger partial charge in [-0.05, 0) is 61.1 Å². The van der Waals surface area contributed by atoms with Gasteiger partial charge in [0.05, 0.1) is 11.1 Å². The van der Waals surface area contributed by atoms with Crippen LogP contribution in [0.2, 0.25) is 0 Å². The molecule has 0 radical (unpaired) electrons. The second-order valence-corrected chi connectivity index (χ2v) is 6.06. The Kier molecular flexibility index (Phi) is 5.19. The van der Waals surface area contributed by atoms with Crippen LogP contribution in [0.4, 0.5) is 0 Å². The molecule has 4 heteroatoms. The topological polar surface area (TPSA) is 74.6 Å². The minimum Gasteiger partial charge on any atom is -0.507 e. The zero-order chi connectivity index (χ0) is 17.9. The largest absolute Gasteiger partial charge is 0.507 e. The zero-order valence-electron chi connectivity index (χ0n) is 13.8. The second kappa shape index (κ2) is 7.13. The third kappa shape index (κ3) is 3.71. The van der Waals surface area contributed by atoms with Crippen LogP contribution in [0.25, 0.3) is 0 Å². The quantitative estimate of drug-likeness (QED) is 0.628. The summed E-state index contributed by atoms with van der Waals surface area (Å²) in [5.41, 5.74) is 4.23. The summed E-state index contributed by atoms with van der Waals surface area (Å²) >= 11 is 0. The van der Waals surface area contributed by atoms with Crippen LogP contribution in [0.5, 0.6) is 11.5 Å². The average Bonchev–Trinajstić information content (AvgIpc) is 2.53. The van der Waals surface area contributed by atoms with Crippen LogP contribution in [-0.2, 0) is 12.8 Å². The molecule has 0 aliphatic heterocycles. The van der Waals surface area contributed by atoms with Gasteiger partial charge in [-0.25, -0.2) is 0 Å². The lowest BCUT2D eigenvalue weighted by atomic mass is 9.94. The molecule has 2 N–H and O–H groups in total. The molecular formula is C20H20O4. The minimum absolute atomic E-state index is 0.0428. The van der Waals surface area contributed by atoms with Gasteiger partial charge in [-0.15, -0.1) is 0 Å². The molecule has 2 aromatic carbocycles. The number of hydrogen-bond acceptors (Lipinski definition) is 4. The van der Waals surface area contributed by atoms with Crippen LogP contribution in [0.15, 0.2) is 36.4 Å². The molecule has 24 heavy (non-hydrogen) atoms. The fraction of sp³-hybridized carbons (Fsp3) is 0.200. The third-order valence-corrected chi connectivity index (χ3v) is 3.86. The first kappa shape index (κ1) is 17.5. The molecule has 0 saturated carbocycles. The van der Waals surface area contributed by atoms with E-state index >= 15 is 0 Å². The lowest BCUT2D eigenvalue weighted by Crippen LogP contribution is -1.99. The Morgan fingerprint density at radius 3 is 1.58 bits per heavy atom. The van der Waals surface area contributed by atoms with Gasteiger partial charge in [0, 0.05) is 0 Å². The predicted octanol–water partition coefficient (Wildman–Crippen LogP) is 3.68. The van der Waals surface area contributed by atoms with Crippen LogP contribution in [0.1, 0.15) is 43.0 Å². The van der Waals surface area contributed by atoms with Crippen molar-refractivity contribution < 1.29 is 19.8 Å². The van der Waals surface area contributed by atoms with Crippen molar-refractivity contribution in [3.8, 4) is 11.5 Å². The number of hydrogen-bond donors (Lipinski definition) is 2. The number of carbonyl (C=O) groups is 2. The van der Waals surface area contributed by atoms with E-state index in [4.69, 9.17) is 0 Å². The normalized spacial score (nSPS) is 10.4. The molecule has 0 atom stereocenters. The number of aryl methyl sites for hydroxylation is 2. The molecule has 0 bridgehead atoms. The summed E-state index contributed by atoms with van der Waals surface area (Å²) in [4.78, 5) is 22.0. The van der Waals surface area contributed by atoms with Crippen LogP contribution in [0, 0.1) is 13.8 Å². The number of phenolic OH excluding ortho intramolecular Hbond substituents is 2. The maximum atomic E-state index is 11.0. The van der Waals surface area contributed by atoms with Gasteiger partial charge in [0.15, 0.2) is 12.6 Å². The molecule has 0 spiro atoms. The van der Waals surface area contributed by atoms with E-state index in [1.54, 1.807) is 24.3 Å². The molecule has 0 aromatic heterocycles. The first-order valence-electron chi connectivity index (χ1n) is 7.57. The van der Waals surface area contributed by atoms with Gasteiger partial charge in [-0.1, -0.05) is 24.3 Å². The number of allylic oxidation sites excluding steroid dienone is 1. The summed E-state index contributed by atoms with van der Waals surface area (Å²) < 4.78 is 0. The van der Waals surface area contributed by atoms with Crippen molar-refractivity contribution in [2.24, 2.45) is 0 Å². The summed E-state index contributed by atoms with van der Waals surface area (Å²) in [6.07, 6.45) is 1.99. The highest BCUT2D eigenvalue weighted by atomic mass is 16.3. The maximum Gasteiger partial charge on any atom is 0.153 e. The fourth-order valence-electron chi connectivity index (χ4n) is 2.82. The second-order valence-electron chi connectivity index (χ2n) is 6.06. The lowest BCUT2D eigenvalue weighted by Gasteiger charge is -2.13. The Morgan fingerprint density at radius 2 is 1.25 bits per heavy atom. The fourth-order valence-corrected chi connectivity index (χ4v) is 2.82. The van der Waals surface area contributed by atoms with Crippen molar-refractivity contribution in [1.82, 2.24) is 0 Å². The van der Waals surface area contributed by atoms with Crippen LogP contribution in [0.3, 0.4) is 0 Å². The standard InChI is InChI=1S/C20H20O4/c1-12(4-15-6-13(2)8-17(10-21)19(15)23)5-16-7-14(3)9-18(11-22)20(16)24/h6-11,23-24H,1,4-5H2,2-3H3. The first-order chi connectivity index (χ1) is 11.3. The van der Waals surface area contributed by atoms with Gasteiger partial charge in [0.25, 0.3) is 0 Å². The Labute approximate surface area is 141 Å². The molecule has 0 unspecified atom stereocenters. The van der Waals surface area contributed by atoms with E-state index in [9.17, 15) is 19.8 Å². The van der Waals surface area contributed by atoms with E-state index in [0.717, 1.165) is 16.7 Å². The van der Waals surface area contributed by atoms with Crippen LogP contribution < -0.4 is 0 Å². The number of aromatic hydroxyl groups is 2. The highest BCUT2D eigenvalue weighted by Crippen LogP contribution is 2.29. The highest BCUT2D eigenvalue weighted by molar-refractivity contribution is 5.81. The van der Waals surface area contributed by atoms with E-state index in [0.29, 0.717) is 36.5 Å². The third-order valence-electron chi connectivity index (χ3n) is 3.86. The molecule has 0 fully saturated rings. The van der Waals surface area contributed by atoms with Gasteiger partial charge in [0.2, 0.25) is 0 Å². The van der Waals surface area contributed by atoms with Gasteiger partial charge in [-0.2, -0.15) is 0 Å². The van der Waals surface area contributed by atoms with Crippen LogP contribution in [-0.4, -0.2) is 22.8 Å². The van der Waals surface area contributed by atoms with Crippen LogP contribution >= 0.6 is 0 Å². The van der Waals surface area contributed by atoms with E-state index in [-0.39, 0.29) is 22.6 Å². The van der Waals surface area contributed by atoms with E-state index in [1.165, 1.54) is 0 Å². The first-order valence-corrected chi connectivity index (χ1v) is 7.57. The van der Waals surface area contributed by atoms with Gasteiger partial charge in [-0.3, -0.25) is 9.59 Å². The van der Waals surface area contributed by atoms with Crippen molar-refractivity contribution in [2.75, 3.05) is 0 Å². The monoisotopic (exact) mass is 324 g/mol. The minimum atomic E-state index is -0.0428. The Balaban J connectivity index is 2.27. The lowest BCUT2D eigenvalue weighted by molar-refractivity contribution is 0.111. The molecule has 2 aromatic rings. The Bertz CT molecular complexity index is 751. The number of aldehydes is 2. The smallest absolute Gasteiger partial charge is 0.153 e. The van der Waals surface area contributed by atoms with E-state index < -0.39 is 0 Å². The summed E-state index contributed by atoms with van der Waals surface area (Å²) in [5.74, 6) is -0.0856. The molecule has 0 aliphatic rings. The van der Waals surface area contributed by atoms with Crippen molar-refractivity contribution in [3.05, 3.63) is 69.8 Å². The van der Waals surface area contributed by atoms with Gasteiger partial charge in [0.1, 0.15) is 11.5 Å². The molecule has 0 saturated heterocycles. The number of phenols is 2. The van der Waals surface area contributed by atoms with Gasteiger partial charge < -0.3 is 10.2 Å². The Hall–Kier alpha value is -2.88. The van der Waals surface area contributed by atoms with Gasteiger partial charge >= 0.3 is 0 Å². The predicted molar refractivity (Wildman–Crippen MR) is 93.0 cm³/mol. The Morgan fingerprint density at radius 1 is 0.875 bits per heavy atom.